The Morgan fingerprint density at radius 2 is 2.16 bits per heavy atom. The molecule has 1 aromatic carbocycles. The number of hydrogen-bond donors (Lipinski definition) is 1. The summed E-state index contributed by atoms with van der Waals surface area (Å²) in [5, 5.41) is 1.45. The van der Waals surface area contributed by atoms with Crippen LogP contribution in [0.15, 0.2) is 23.1 Å². The van der Waals surface area contributed by atoms with E-state index in [1.54, 1.807) is 0 Å². The van der Waals surface area contributed by atoms with E-state index in [2.05, 4.69) is 19.1 Å². The van der Waals surface area contributed by atoms with Crippen LogP contribution in [0.5, 0.6) is 0 Å². The zero-order valence-electron chi connectivity index (χ0n) is 11.4. The molecule has 1 atom stereocenters. The van der Waals surface area contributed by atoms with E-state index in [4.69, 9.17) is 22.1 Å². The molecule has 1 aromatic rings. The number of nitrogens with two attached hydrogens (primary N) is 1. The van der Waals surface area contributed by atoms with Crippen molar-refractivity contribution in [3.8, 4) is 0 Å². The van der Waals surface area contributed by atoms with Crippen LogP contribution in [-0.4, -0.2) is 24.5 Å². The Morgan fingerprint density at radius 3 is 2.84 bits per heavy atom. The third-order valence-electron chi connectivity index (χ3n) is 3.50. The molecule has 2 rings (SSSR count). The standard InChI is InChI=1S/C15H22ClNOS/c1-2-13(17)9-11-3-4-12(16)10-15(11)19-14-5-7-18-8-6-14/h3-4,10,13-14H,2,5-9,17H2,1H3. The Balaban J connectivity index is 2.09. The Hall–Kier alpha value is -0.220. The van der Waals surface area contributed by atoms with E-state index in [0.717, 1.165) is 43.9 Å². The number of rotatable bonds is 5. The van der Waals surface area contributed by atoms with Crippen LogP contribution < -0.4 is 5.73 Å². The summed E-state index contributed by atoms with van der Waals surface area (Å²) in [6, 6.07) is 6.40. The third-order valence-corrected chi connectivity index (χ3v) is 5.17. The van der Waals surface area contributed by atoms with Gasteiger partial charge in [-0.3, -0.25) is 0 Å². The van der Waals surface area contributed by atoms with E-state index in [1.165, 1.54) is 10.5 Å². The highest BCUT2D eigenvalue weighted by atomic mass is 35.5. The van der Waals surface area contributed by atoms with Crippen LogP contribution in [0.4, 0.5) is 0 Å². The lowest BCUT2D eigenvalue weighted by molar-refractivity contribution is 0.1000. The molecule has 19 heavy (non-hydrogen) atoms. The molecule has 0 aliphatic carbocycles. The highest BCUT2D eigenvalue weighted by Crippen LogP contribution is 2.34. The molecule has 1 saturated heterocycles. The number of halogens is 1. The van der Waals surface area contributed by atoms with E-state index in [0.29, 0.717) is 5.25 Å². The lowest BCUT2D eigenvalue weighted by Crippen LogP contribution is -2.22. The minimum Gasteiger partial charge on any atom is -0.381 e. The van der Waals surface area contributed by atoms with Crippen molar-refractivity contribution in [2.24, 2.45) is 5.73 Å². The molecule has 0 radical (unpaired) electrons. The summed E-state index contributed by atoms with van der Waals surface area (Å²) in [4.78, 5) is 1.29. The smallest absolute Gasteiger partial charge is 0.0476 e. The summed E-state index contributed by atoms with van der Waals surface area (Å²) in [6.45, 7) is 3.88. The van der Waals surface area contributed by atoms with Gasteiger partial charge in [-0.15, -0.1) is 11.8 Å². The van der Waals surface area contributed by atoms with E-state index >= 15 is 0 Å². The largest absolute Gasteiger partial charge is 0.381 e. The van der Waals surface area contributed by atoms with Crippen LogP contribution >= 0.6 is 23.4 Å². The van der Waals surface area contributed by atoms with Gasteiger partial charge in [-0.1, -0.05) is 24.6 Å². The predicted molar refractivity (Wildman–Crippen MR) is 83.1 cm³/mol. The second-order valence-electron chi connectivity index (χ2n) is 5.05. The fraction of sp³-hybridized carbons (Fsp3) is 0.600. The first kappa shape index (κ1) is 15.2. The first-order valence-corrected chi connectivity index (χ1v) is 8.23. The quantitative estimate of drug-likeness (QED) is 0.896. The molecule has 0 saturated carbocycles. The molecule has 1 aliphatic heterocycles. The van der Waals surface area contributed by atoms with Gasteiger partial charge in [-0.25, -0.2) is 0 Å². The van der Waals surface area contributed by atoms with Gasteiger partial charge in [0.25, 0.3) is 0 Å². The molecule has 0 aromatic heterocycles. The lowest BCUT2D eigenvalue weighted by atomic mass is 10.0. The van der Waals surface area contributed by atoms with Crippen molar-refractivity contribution in [3.05, 3.63) is 28.8 Å². The maximum absolute atomic E-state index is 6.14. The predicted octanol–water partition coefficient (Wildman–Crippen LogP) is 3.89. The summed E-state index contributed by atoms with van der Waals surface area (Å²) in [5.41, 5.74) is 7.41. The number of ether oxygens (including phenoxy) is 1. The Bertz CT molecular complexity index is 407. The molecule has 1 unspecified atom stereocenters. The van der Waals surface area contributed by atoms with Crippen molar-refractivity contribution in [3.63, 3.8) is 0 Å². The van der Waals surface area contributed by atoms with Crippen molar-refractivity contribution in [1.82, 2.24) is 0 Å². The van der Waals surface area contributed by atoms with Crippen molar-refractivity contribution >= 4 is 23.4 Å². The maximum Gasteiger partial charge on any atom is 0.0476 e. The first-order valence-electron chi connectivity index (χ1n) is 6.97. The SMILES string of the molecule is CCC(N)Cc1ccc(Cl)cc1SC1CCOCC1. The minimum absolute atomic E-state index is 0.232. The lowest BCUT2D eigenvalue weighted by Gasteiger charge is -2.23. The van der Waals surface area contributed by atoms with Crippen molar-refractivity contribution in [2.75, 3.05) is 13.2 Å². The van der Waals surface area contributed by atoms with Crippen molar-refractivity contribution in [2.45, 2.75) is 48.8 Å². The Labute approximate surface area is 125 Å². The Morgan fingerprint density at radius 1 is 1.42 bits per heavy atom. The van der Waals surface area contributed by atoms with E-state index < -0.39 is 0 Å². The van der Waals surface area contributed by atoms with Crippen LogP contribution in [0.2, 0.25) is 5.02 Å². The molecule has 0 amide bonds. The summed E-state index contributed by atoms with van der Waals surface area (Å²) >= 11 is 8.07. The topological polar surface area (TPSA) is 35.2 Å². The molecule has 1 aliphatic rings. The maximum atomic E-state index is 6.14. The molecule has 4 heteroatoms. The second kappa shape index (κ2) is 7.53. The Kier molecular flexibility index (Phi) is 6.02. The summed E-state index contributed by atoms with van der Waals surface area (Å²) in [5.74, 6) is 0. The zero-order chi connectivity index (χ0) is 13.7. The van der Waals surface area contributed by atoms with Gasteiger partial charge < -0.3 is 10.5 Å². The van der Waals surface area contributed by atoms with Gasteiger partial charge in [0.2, 0.25) is 0 Å². The van der Waals surface area contributed by atoms with Gasteiger partial charge in [0, 0.05) is 34.4 Å². The zero-order valence-corrected chi connectivity index (χ0v) is 13.0. The van der Waals surface area contributed by atoms with E-state index in [9.17, 15) is 0 Å². The van der Waals surface area contributed by atoms with Gasteiger partial charge in [-0.05, 0) is 43.4 Å². The minimum atomic E-state index is 0.232. The highest BCUT2D eigenvalue weighted by molar-refractivity contribution is 8.00. The van der Waals surface area contributed by atoms with Gasteiger partial charge in [0.15, 0.2) is 0 Å². The second-order valence-corrected chi connectivity index (χ2v) is 6.83. The number of thioether (sulfide) groups is 1. The van der Waals surface area contributed by atoms with Crippen LogP contribution in [-0.2, 0) is 11.2 Å². The van der Waals surface area contributed by atoms with Gasteiger partial charge in [0.05, 0.1) is 0 Å². The highest BCUT2D eigenvalue weighted by Gasteiger charge is 2.17. The molecule has 0 bridgehead atoms. The molecular formula is C15H22ClNOS. The summed E-state index contributed by atoms with van der Waals surface area (Å²) in [7, 11) is 0. The first-order chi connectivity index (χ1) is 9.19. The summed E-state index contributed by atoms with van der Waals surface area (Å²) < 4.78 is 5.41. The molecule has 0 spiro atoms. The van der Waals surface area contributed by atoms with E-state index in [-0.39, 0.29) is 6.04 Å². The molecular weight excluding hydrogens is 278 g/mol. The fourth-order valence-corrected chi connectivity index (χ4v) is 3.73. The normalized spacial score (nSPS) is 18.5. The average Bonchev–Trinajstić information content (AvgIpc) is 2.43. The summed E-state index contributed by atoms with van der Waals surface area (Å²) in [6.07, 6.45) is 4.18. The average molecular weight is 300 g/mol. The van der Waals surface area contributed by atoms with Gasteiger partial charge in [0.1, 0.15) is 0 Å². The molecule has 1 heterocycles. The van der Waals surface area contributed by atoms with Crippen molar-refractivity contribution < 1.29 is 4.74 Å². The van der Waals surface area contributed by atoms with E-state index in [1.807, 2.05) is 17.8 Å². The number of hydrogen-bond acceptors (Lipinski definition) is 3. The monoisotopic (exact) mass is 299 g/mol. The van der Waals surface area contributed by atoms with Crippen LogP contribution in [0.25, 0.3) is 0 Å². The molecule has 106 valence electrons. The van der Waals surface area contributed by atoms with Gasteiger partial charge >= 0.3 is 0 Å². The van der Waals surface area contributed by atoms with Gasteiger partial charge in [-0.2, -0.15) is 0 Å². The van der Waals surface area contributed by atoms with Crippen LogP contribution in [0.1, 0.15) is 31.7 Å². The van der Waals surface area contributed by atoms with Crippen LogP contribution in [0, 0.1) is 0 Å². The molecule has 1 fully saturated rings. The third kappa shape index (κ3) is 4.67. The fourth-order valence-electron chi connectivity index (χ4n) is 2.21. The van der Waals surface area contributed by atoms with Crippen LogP contribution in [0.3, 0.4) is 0 Å². The number of benzene rings is 1. The molecule has 2 nitrogen and oxygen atoms in total. The molecule has 2 N–H and O–H groups in total. The van der Waals surface area contributed by atoms with Crippen molar-refractivity contribution in [1.29, 1.82) is 0 Å².